The molecule has 0 heterocycles. The maximum absolute atomic E-state index is 10.5. The van der Waals surface area contributed by atoms with Gasteiger partial charge in [-0.2, -0.15) is 0 Å². The van der Waals surface area contributed by atoms with Crippen LogP contribution in [0.3, 0.4) is 0 Å². The standard InChI is InChI=1S/C7H11NO4/c1-2-3(4(2)6(9)10)5(8)7(11)12/h2-5H,8H2,1H3,(H,9,10)(H,11,12)/t2-,3+,4+,5-/m1/s1. The molecule has 0 unspecified atom stereocenters. The molecule has 0 spiro atoms. The summed E-state index contributed by atoms with van der Waals surface area (Å²) >= 11 is 0. The van der Waals surface area contributed by atoms with Crippen LogP contribution in [-0.2, 0) is 9.59 Å². The summed E-state index contributed by atoms with van der Waals surface area (Å²) in [4.78, 5) is 20.8. The van der Waals surface area contributed by atoms with Gasteiger partial charge < -0.3 is 15.9 Å². The summed E-state index contributed by atoms with van der Waals surface area (Å²) in [5.41, 5.74) is 5.28. The Balaban J connectivity index is 2.58. The second kappa shape index (κ2) is 2.75. The van der Waals surface area contributed by atoms with E-state index < -0.39 is 29.8 Å². The Hall–Kier alpha value is -1.10. The molecule has 0 radical (unpaired) electrons. The Bertz CT molecular complexity index is 211. The van der Waals surface area contributed by atoms with E-state index >= 15 is 0 Å². The van der Waals surface area contributed by atoms with E-state index in [0.717, 1.165) is 0 Å². The van der Waals surface area contributed by atoms with Crippen LogP contribution >= 0.6 is 0 Å². The average molecular weight is 173 g/mol. The van der Waals surface area contributed by atoms with E-state index in [9.17, 15) is 9.59 Å². The van der Waals surface area contributed by atoms with E-state index in [4.69, 9.17) is 15.9 Å². The Morgan fingerprint density at radius 3 is 2.17 bits per heavy atom. The number of carboxylic acid groups (broad SMARTS) is 2. The lowest BCUT2D eigenvalue weighted by atomic mass is 10.1. The number of carbonyl (C=O) groups is 2. The molecule has 0 bridgehead atoms. The molecule has 0 aromatic carbocycles. The highest BCUT2D eigenvalue weighted by atomic mass is 16.4. The summed E-state index contributed by atoms with van der Waals surface area (Å²) in [5, 5.41) is 17.1. The first kappa shape index (κ1) is 8.99. The van der Waals surface area contributed by atoms with Crippen molar-refractivity contribution in [2.24, 2.45) is 23.5 Å². The fourth-order valence-corrected chi connectivity index (χ4v) is 1.60. The average Bonchev–Trinajstić information content (AvgIpc) is 2.59. The van der Waals surface area contributed by atoms with E-state index in [1.54, 1.807) is 6.92 Å². The molecule has 0 aliphatic heterocycles. The highest BCUT2D eigenvalue weighted by Gasteiger charge is 2.56. The first-order chi connectivity index (χ1) is 5.46. The fourth-order valence-electron chi connectivity index (χ4n) is 1.60. The molecule has 5 heteroatoms. The Labute approximate surface area is 69.2 Å². The highest BCUT2D eigenvalue weighted by molar-refractivity contribution is 5.80. The SMILES string of the molecule is C[C@H]1[C@H](C(=O)O)[C@H]1[C@@H](N)C(=O)O. The van der Waals surface area contributed by atoms with Gasteiger partial charge in [0.25, 0.3) is 0 Å². The number of hydrogen-bond donors (Lipinski definition) is 3. The van der Waals surface area contributed by atoms with Crippen LogP contribution < -0.4 is 5.73 Å². The number of rotatable bonds is 3. The van der Waals surface area contributed by atoms with Gasteiger partial charge in [0.05, 0.1) is 5.92 Å². The molecular formula is C7H11NO4. The van der Waals surface area contributed by atoms with Gasteiger partial charge in [0.1, 0.15) is 6.04 Å². The molecule has 12 heavy (non-hydrogen) atoms. The van der Waals surface area contributed by atoms with Crippen molar-refractivity contribution in [3.8, 4) is 0 Å². The molecular weight excluding hydrogens is 162 g/mol. The predicted octanol–water partition coefficient (Wildman–Crippen LogP) is -0.635. The van der Waals surface area contributed by atoms with E-state index in [0.29, 0.717) is 0 Å². The third kappa shape index (κ3) is 1.27. The van der Waals surface area contributed by atoms with Crippen LogP contribution in [0.15, 0.2) is 0 Å². The minimum Gasteiger partial charge on any atom is -0.481 e. The largest absolute Gasteiger partial charge is 0.481 e. The van der Waals surface area contributed by atoms with Crippen molar-refractivity contribution in [2.45, 2.75) is 13.0 Å². The monoisotopic (exact) mass is 173 g/mol. The van der Waals surface area contributed by atoms with Crippen molar-refractivity contribution in [3.63, 3.8) is 0 Å². The molecule has 0 aromatic heterocycles. The topological polar surface area (TPSA) is 101 Å². The summed E-state index contributed by atoms with van der Waals surface area (Å²) in [6, 6.07) is -1.04. The van der Waals surface area contributed by atoms with Crippen molar-refractivity contribution in [1.29, 1.82) is 0 Å². The molecule has 0 saturated heterocycles. The van der Waals surface area contributed by atoms with E-state index in [1.807, 2.05) is 0 Å². The van der Waals surface area contributed by atoms with Crippen LogP contribution in [0.2, 0.25) is 0 Å². The second-order valence-electron chi connectivity index (χ2n) is 3.16. The van der Waals surface area contributed by atoms with Gasteiger partial charge in [0, 0.05) is 5.92 Å². The first-order valence-corrected chi connectivity index (χ1v) is 3.68. The molecule has 4 atom stereocenters. The minimum atomic E-state index is -1.13. The second-order valence-corrected chi connectivity index (χ2v) is 3.16. The van der Waals surface area contributed by atoms with Gasteiger partial charge in [-0.25, -0.2) is 0 Å². The summed E-state index contributed by atoms with van der Waals surface area (Å²) < 4.78 is 0. The number of nitrogens with two attached hydrogens (primary N) is 1. The third-order valence-corrected chi connectivity index (χ3v) is 2.43. The summed E-state index contributed by atoms with van der Waals surface area (Å²) in [6.45, 7) is 1.70. The lowest BCUT2D eigenvalue weighted by Gasteiger charge is -2.02. The van der Waals surface area contributed by atoms with Crippen molar-refractivity contribution in [2.75, 3.05) is 0 Å². The Morgan fingerprint density at radius 1 is 1.42 bits per heavy atom. The normalized spacial score (nSPS) is 35.7. The van der Waals surface area contributed by atoms with Crippen molar-refractivity contribution in [1.82, 2.24) is 0 Å². The van der Waals surface area contributed by atoms with Crippen LogP contribution in [0.4, 0.5) is 0 Å². The molecule has 1 saturated carbocycles. The van der Waals surface area contributed by atoms with Crippen molar-refractivity contribution in [3.05, 3.63) is 0 Å². The summed E-state index contributed by atoms with van der Waals surface area (Å²) in [5.74, 6) is -3.18. The van der Waals surface area contributed by atoms with Gasteiger partial charge >= 0.3 is 11.9 Å². The van der Waals surface area contributed by atoms with Crippen LogP contribution in [0.25, 0.3) is 0 Å². The van der Waals surface area contributed by atoms with Crippen LogP contribution in [0.5, 0.6) is 0 Å². The van der Waals surface area contributed by atoms with Gasteiger partial charge in [-0.3, -0.25) is 9.59 Å². The maximum Gasteiger partial charge on any atom is 0.320 e. The molecule has 0 amide bonds. The highest BCUT2D eigenvalue weighted by Crippen LogP contribution is 2.47. The predicted molar refractivity (Wildman–Crippen MR) is 39.4 cm³/mol. The molecule has 68 valence electrons. The van der Waals surface area contributed by atoms with E-state index in [-0.39, 0.29) is 5.92 Å². The number of carboxylic acids is 2. The summed E-state index contributed by atoms with van der Waals surface area (Å²) in [6.07, 6.45) is 0. The Morgan fingerprint density at radius 2 is 1.92 bits per heavy atom. The van der Waals surface area contributed by atoms with Crippen molar-refractivity contribution < 1.29 is 19.8 Å². The quantitative estimate of drug-likeness (QED) is 0.527. The maximum atomic E-state index is 10.5. The molecule has 4 N–H and O–H groups in total. The van der Waals surface area contributed by atoms with Crippen molar-refractivity contribution >= 4 is 11.9 Å². The van der Waals surface area contributed by atoms with E-state index in [1.165, 1.54) is 0 Å². The molecule has 1 rings (SSSR count). The van der Waals surface area contributed by atoms with Gasteiger partial charge in [-0.1, -0.05) is 6.92 Å². The fraction of sp³-hybridized carbons (Fsp3) is 0.714. The molecule has 0 aromatic rings. The lowest BCUT2D eigenvalue weighted by molar-refractivity contribution is -0.140. The van der Waals surface area contributed by atoms with Gasteiger partial charge in [-0.05, 0) is 5.92 Å². The first-order valence-electron chi connectivity index (χ1n) is 3.68. The van der Waals surface area contributed by atoms with Gasteiger partial charge in [0.2, 0.25) is 0 Å². The van der Waals surface area contributed by atoms with Crippen LogP contribution in [-0.4, -0.2) is 28.2 Å². The summed E-state index contributed by atoms with van der Waals surface area (Å²) in [7, 11) is 0. The Kier molecular flexibility index (Phi) is 2.06. The lowest BCUT2D eigenvalue weighted by Crippen LogP contribution is -2.33. The number of hydrogen-bond acceptors (Lipinski definition) is 3. The van der Waals surface area contributed by atoms with Crippen LogP contribution in [0, 0.1) is 17.8 Å². The van der Waals surface area contributed by atoms with Crippen LogP contribution in [0.1, 0.15) is 6.92 Å². The molecule has 1 fully saturated rings. The molecule has 5 nitrogen and oxygen atoms in total. The van der Waals surface area contributed by atoms with Gasteiger partial charge in [0.15, 0.2) is 0 Å². The third-order valence-electron chi connectivity index (χ3n) is 2.43. The molecule has 1 aliphatic carbocycles. The zero-order valence-electron chi connectivity index (χ0n) is 6.60. The zero-order valence-corrected chi connectivity index (χ0v) is 6.60. The zero-order chi connectivity index (χ0) is 9.46. The minimum absolute atomic E-state index is 0.117. The molecule has 1 aliphatic rings. The number of aliphatic carboxylic acids is 2. The van der Waals surface area contributed by atoms with E-state index in [2.05, 4.69) is 0 Å². The van der Waals surface area contributed by atoms with Gasteiger partial charge in [-0.15, -0.1) is 0 Å². The smallest absolute Gasteiger partial charge is 0.320 e.